The van der Waals surface area contributed by atoms with Crippen LogP contribution in [0.25, 0.3) is 43.6 Å². The monoisotopic (exact) mass is 501 g/mol. The van der Waals surface area contributed by atoms with Crippen molar-refractivity contribution in [1.82, 2.24) is 20.2 Å². The molecule has 0 bridgehead atoms. The van der Waals surface area contributed by atoms with Crippen LogP contribution in [0.3, 0.4) is 0 Å². The summed E-state index contributed by atoms with van der Waals surface area (Å²) < 4.78 is 2.31. The standard InChI is InChI=1S/C27H23N5O3.ClH/c1-12(28)25(33)29-11-13-7-8-15-17(10-13)30-22-18(15)20-21(27(35)31-26(20)34)19-16-6-2-4-14-5-3-9-32(23(14)16)24(19)22;/h2,4,6-8,10,12,30H,3,5,9,11,28H2,1H3,(H,29,33)(H,31,34,35);1H. The molecular weight excluding hydrogens is 478 g/mol. The molecule has 4 heterocycles. The first kappa shape index (κ1) is 22.6. The summed E-state index contributed by atoms with van der Waals surface area (Å²) in [6.45, 7) is 2.85. The van der Waals surface area contributed by atoms with Crippen LogP contribution in [0.1, 0.15) is 45.2 Å². The van der Waals surface area contributed by atoms with Crippen molar-refractivity contribution in [3.8, 4) is 0 Å². The maximum atomic E-state index is 13.1. The summed E-state index contributed by atoms with van der Waals surface area (Å²) in [6, 6.07) is 11.5. The molecule has 2 aliphatic rings. The van der Waals surface area contributed by atoms with Crippen molar-refractivity contribution in [1.29, 1.82) is 0 Å². The zero-order valence-corrected chi connectivity index (χ0v) is 20.3. The third kappa shape index (κ3) is 2.88. The molecule has 0 radical (unpaired) electrons. The van der Waals surface area contributed by atoms with Gasteiger partial charge in [0.1, 0.15) is 0 Å². The fraction of sp³-hybridized carbons (Fsp3) is 0.222. The number of amides is 3. The van der Waals surface area contributed by atoms with Crippen molar-refractivity contribution in [2.24, 2.45) is 5.73 Å². The van der Waals surface area contributed by atoms with E-state index in [0.717, 1.165) is 68.6 Å². The smallest absolute Gasteiger partial charge is 0.259 e. The van der Waals surface area contributed by atoms with Gasteiger partial charge >= 0.3 is 0 Å². The van der Waals surface area contributed by atoms with Crippen LogP contribution in [0.15, 0.2) is 36.4 Å². The largest absolute Gasteiger partial charge is 0.353 e. The van der Waals surface area contributed by atoms with Gasteiger partial charge in [0, 0.05) is 40.2 Å². The van der Waals surface area contributed by atoms with Crippen molar-refractivity contribution in [3.05, 3.63) is 58.7 Å². The quantitative estimate of drug-likeness (QED) is 0.282. The van der Waals surface area contributed by atoms with Crippen molar-refractivity contribution >= 4 is 73.7 Å². The van der Waals surface area contributed by atoms with Gasteiger partial charge in [0.25, 0.3) is 11.8 Å². The molecule has 1 unspecified atom stereocenters. The molecule has 2 aliphatic heterocycles. The highest BCUT2D eigenvalue weighted by atomic mass is 35.5. The second kappa shape index (κ2) is 7.81. The van der Waals surface area contributed by atoms with E-state index >= 15 is 0 Å². The van der Waals surface area contributed by atoms with E-state index in [0.29, 0.717) is 17.7 Å². The Hall–Kier alpha value is -3.88. The van der Waals surface area contributed by atoms with Gasteiger partial charge < -0.3 is 20.6 Å². The maximum absolute atomic E-state index is 13.1. The van der Waals surface area contributed by atoms with Crippen molar-refractivity contribution in [3.63, 3.8) is 0 Å². The number of rotatable bonds is 3. The molecule has 3 amide bonds. The van der Waals surface area contributed by atoms with Gasteiger partial charge in [-0.05, 0) is 37.0 Å². The van der Waals surface area contributed by atoms with Crippen molar-refractivity contribution in [2.75, 3.05) is 0 Å². The molecule has 0 saturated heterocycles. The first-order chi connectivity index (χ1) is 16.9. The first-order valence-electron chi connectivity index (χ1n) is 11.9. The highest BCUT2D eigenvalue weighted by Crippen LogP contribution is 2.45. The molecule has 5 aromatic rings. The number of carbonyl (C=O) groups excluding carboxylic acids is 3. The minimum absolute atomic E-state index is 0. The molecule has 0 spiro atoms. The normalized spacial score (nSPS) is 15.4. The molecule has 8 nitrogen and oxygen atoms in total. The van der Waals surface area contributed by atoms with Crippen LogP contribution in [0.2, 0.25) is 0 Å². The number of halogens is 1. The lowest BCUT2D eigenvalue weighted by molar-refractivity contribution is -0.122. The third-order valence-corrected chi connectivity index (χ3v) is 7.40. The number of aryl methyl sites for hydroxylation is 2. The molecule has 36 heavy (non-hydrogen) atoms. The van der Waals surface area contributed by atoms with E-state index in [1.165, 1.54) is 5.56 Å². The molecule has 5 N–H and O–H groups in total. The predicted octanol–water partition coefficient (Wildman–Crippen LogP) is 3.64. The van der Waals surface area contributed by atoms with Crippen LogP contribution in [0.5, 0.6) is 0 Å². The van der Waals surface area contributed by atoms with E-state index in [1.807, 2.05) is 30.3 Å². The second-order valence-corrected chi connectivity index (χ2v) is 9.59. The SMILES string of the molecule is CC(N)C(=O)NCc1ccc2c(c1)[nH]c1c2c2c(c3c4cccc5c4n(c13)CCC5)C(=O)NC2=O.Cl. The summed E-state index contributed by atoms with van der Waals surface area (Å²) in [5.74, 6) is -0.922. The molecule has 7 rings (SSSR count). The van der Waals surface area contributed by atoms with E-state index in [1.54, 1.807) is 6.92 Å². The van der Waals surface area contributed by atoms with Crippen LogP contribution < -0.4 is 16.4 Å². The van der Waals surface area contributed by atoms with E-state index < -0.39 is 6.04 Å². The third-order valence-electron chi connectivity index (χ3n) is 7.40. The van der Waals surface area contributed by atoms with E-state index in [-0.39, 0.29) is 30.1 Å². The number of imide groups is 1. The number of aromatic nitrogens is 2. The number of nitrogens with zero attached hydrogens (tertiary/aromatic N) is 1. The number of hydrogen-bond acceptors (Lipinski definition) is 4. The molecule has 2 aromatic heterocycles. The van der Waals surface area contributed by atoms with Crippen molar-refractivity contribution in [2.45, 2.75) is 38.9 Å². The van der Waals surface area contributed by atoms with Gasteiger partial charge in [-0.15, -0.1) is 12.4 Å². The van der Waals surface area contributed by atoms with Gasteiger partial charge in [-0.25, -0.2) is 0 Å². The minimum Gasteiger partial charge on any atom is -0.353 e. The van der Waals surface area contributed by atoms with E-state index in [2.05, 4.69) is 26.3 Å². The Bertz CT molecular complexity index is 1800. The number of hydrogen-bond donors (Lipinski definition) is 4. The van der Waals surface area contributed by atoms with Crippen molar-refractivity contribution < 1.29 is 14.4 Å². The van der Waals surface area contributed by atoms with Crippen LogP contribution >= 0.6 is 12.4 Å². The molecule has 0 aliphatic carbocycles. The lowest BCUT2D eigenvalue weighted by Crippen LogP contribution is -2.37. The van der Waals surface area contributed by atoms with Crippen LogP contribution in [-0.2, 0) is 24.3 Å². The summed E-state index contributed by atoms with van der Waals surface area (Å²) >= 11 is 0. The van der Waals surface area contributed by atoms with E-state index in [9.17, 15) is 14.4 Å². The fourth-order valence-corrected chi connectivity index (χ4v) is 5.93. The fourth-order valence-electron chi connectivity index (χ4n) is 5.93. The first-order valence-corrected chi connectivity index (χ1v) is 11.9. The summed E-state index contributed by atoms with van der Waals surface area (Å²) in [7, 11) is 0. The van der Waals surface area contributed by atoms with Gasteiger partial charge in [0.05, 0.1) is 33.7 Å². The average Bonchev–Trinajstić information content (AvgIpc) is 3.48. The van der Waals surface area contributed by atoms with Crippen LogP contribution in [0, 0.1) is 0 Å². The summed E-state index contributed by atoms with van der Waals surface area (Å²) in [5.41, 5.74) is 12.6. The summed E-state index contributed by atoms with van der Waals surface area (Å²) in [4.78, 5) is 41.6. The Morgan fingerprint density at radius 1 is 1.08 bits per heavy atom. The molecule has 0 fully saturated rings. The minimum atomic E-state index is -0.580. The van der Waals surface area contributed by atoms with Gasteiger partial charge in [-0.3, -0.25) is 19.7 Å². The number of nitrogens with one attached hydrogen (secondary N) is 3. The molecular formula is C27H24ClN5O3. The predicted molar refractivity (Wildman–Crippen MR) is 142 cm³/mol. The molecule has 1 atom stereocenters. The highest BCUT2D eigenvalue weighted by Gasteiger charge is 2.36. The Labute approximate surface area is 211 Å². The Kier molecular flexibility index (Phi) is 4.90. The highest BCUT2D eigenvalue weighted by molar-refractivity contribution is 6.39. The molecule has 0 saturated carbocycles. The number of carbonyl (C=O) groups is 3. The Morgan fingerprint density at radius 3 is 2.64 bits per heavy atom. The zero-order chi connectivity index (χ0) is 24.0. The number of fused-ring (bicyclic) bond motifs is 10. The number of H-pyrrole nitrogens is 1. The lowest BCUT2D eigenvalue weighted by atomic mass is 9.96. The topological polar surface area (TPSA) is 122 Å². The number of aromatic amines is 1. The number of benzene rings is 3. The van der Waals surface area contributed by atoms with Gasteiger partial charge in [0.2, 0.25) is 5.91 Å². The summed E-state index contributed by atoms with van der Waals surface area (Å²) in [6.07, 6.45) is 2.01. The summed E-state index contributed by atoms with van der Waals surface area (Å²) in [5, 5.41) is 8.87. The van der Waals surface area contributed by atoms with Crippen LogP contribution in [-0.4, -0.2) is 33.3 Å². The zero-order valence-electron chi connectivity index (χ0n) is 19.5. The second-order valence-electron chi connectivity index (χ2n) is 9.59. The Balaban J connectivity index is 0.00000240. The van der Waals surface area contributed by atoms with Gasteiger partial charge in [-0.1, -0.05) is 30.3 Å². The van der Waals surface area contributed by atoms with Gasteiger partial charge in [0.15, 0.2) is 0 Å². The molecule has 182 valence electrons. The average molecular weight is 502 g/mol. The maximum Gasteiger partial charge on any atom is 0.259 e. The lowest BCUT2D eigenvalue weighted by Gasteiger charge is -2.16. The Morgan fingerprint density at radius 2 is 1.86 bits per heavy atom. The number of para-hydroxylation sites is 1. The van der Waals surface area contributed by atoms with Crippen LogP contribution in [0.4, 0.5) is 0 Å². The molecule has 3 aromatic carbocycles. The molecule has 9 heteroatoms. The van der Waals surface area contributed by atoms with Gasteiger partial charge in [-0.2, -0.15) is 0 Å². The van der Waals surface area contributed by atoms with E-state index in [4.69, 9.17) is 5.73 Å². The number of nitrogens with two attached hydrogens (primary N) is 1.